The molecule has 2 aromatic rings. The molecule has 57 heavy (non-hydrogen) atoms. The Bertz CT molecular complexity index is 2000. The van der Waals surface area contributed by atoms with Gasteiger partial charge in [0.15, 0.2) is 17.5 Å². The summed E-state index contributed by atoms with van der Waals surface area (Å²) >= 11 is 0. The maximum Gasteiger partial charge on any atom is 0.408 e. The van der Waals surface area contributed by atoms with E-state index in [1.54, 1.807) is 69.3 Å². The van der Waals surface area contributed by atoms with E-state index in [1.807, 2.05) is 0 Å². The number of ketones is 1. The van der Waals surface area contributed by atoms with E-state index in [9.17, 15) is 44.4 Å². The lowest BCUT2D eigenvalue weighted by Crippen LogP contribution is -2.75. The summed E-state index contributed by atoms with van der Waals surface area (Å²) in [6, 6.07) is 14.5. The van der Waals surface area contributed by atoms with Gasteiger partial charge in [0.25, 0.3) is 0 Å². The lowest BCUT2D eigenvalue weighted by atomic mass is 9.51. The van der Waals surface area contributed by atoms with Gasteiger partial charge in [0.05, 0.1) is 24.1 Å². The molecule has 9 atom stereocenters. The molecule has 6 rings (SSSR count). The fourth-order valence-electron chi connectivity index (χ4n) is 8.74. The molecule has 15 heteroatoms. The number of carbonyl (C=O) groups excluding carboxylic acids is 5. The van der Waals surface area contributed by atoms with Gasteiger partial charge in [-0.05, 0) is 56.5 Å². The fraction of sp³-hybridized carbons (Fsp3) is 0.500. The number of fused-ring (bicyclic) bond motifs is 5. The summed E-state index contributed by atoms with van der Waals surface area (Å²) in [5, 5.41) is 50.8. The summed E-state index contributed by atoms with van der Waals surface area (Å²) in [5.74, 6) is -6.08. The van der Waals surface area contributed by atoms with E-state index in [2.05, 4.69) is 5.32 Å². The number of ether oxygens (including phenoxy) is 5. The summed E-state index contributed by atoms with van der Waals surface area (Å²) in [5.41, 5.74) is -6.62. The molecule has 306 valence electrons. The Hall–Kier alpha value is -5.09. The molecule has 0 radical (unpaired) electrons. The van der Waals surface area contributed by atoms with Gasteiger partial charge in [0, 0.05) is 30.8 Å². The van der Waals surface area contributed by atoms with Crippen LogP contribution in [-0.4, -0.2) is 104 Å². The maximum atomic E-state index is 14.6. The van der Waals surface area contributed by atoms with Crippen molar-refractivity contribution in [2.45, 2.75) is 115 Å². The first-order valence-corrected chi connectivity index (χ1v) is 18.7. The molecule has 15 nitrogen and oxygen atoms in total. The third kappa shape index (κ3) is 7.33. The zero-order valence-electron chi connectivity index (χ0n) is 32.8. The molecule has 1 saturated carbocycles. The Kier molecular flexibility index (Phi) is 10.9. The number of alkyl carbamates (subject to hydrolysis) is 1. The number of rotatable bonds is 8. The number of hydrogen-bond donors (Lipinski definition) is 5. The molecule has 5 N–H and O–H groups in total. The predicted molar refractivity (Wildman–Crippen MR) is 199 cm³/mol. The van der Waals surface area contributed by atoms with Crippen LogP contribution >= 0.6 is 0 Å². The molecule has 2 aromatic carbocycles. The van der Waals surface area contributed by atoms with Gasteiger partial charge >= 0.3 is 24.0 Å². The number of hydrogen-bond acceptors (Lipinski definition) is 14. The van der Waals surface area contributed by atoms with Gasteiger partial charge in [-0.2, -0.15) is 0 Å². The highest BCUT2D eigenvalue weighted by Crippen LogP contribution is 2.60. The standard InChI is InChI=1S/C42H49NO14/c1-21-26(54-37(50)34(48)31(23-14-10-8-11-15-23)43-38(51)57-39(3,4)5)19-42(52)35(55-36(49)24-16-12-9-13-17-24)30-28(32(46)33(47)29(21)40(42,6)7)25(45)18-27-41(30,20-53-27)56-22(2)44/h8-17,26-27,30-31,33-35,45,47-48,52H,18-20H2,1-7H3,(H,43,51)/t26-,27?,30?,31?,33+,34+,35-,41-,42+/m0/s1. The van der Waals surface area contributed by atoms with E-state index in [0.717, 1.165) is 6.92 Å². The van der Waals surface area contributed by atoms with Gasteiger partial charge in [-0.1, -0.05) is 62.4 Å². The van der Waals surface area contributed by atoms with Crippen LogP contribution in [0.3, 0.4) is 0 Å². The first kappa shape index (κ1) is 41.5. The Morgan fingerprint density at radius 1 is 0.982 bits per heavy atom. The van der Waals surface area contributed by atoms with Crippen LogP contribution in [0.15, 0.2) is 83.1 Å². The van der Waals surface area contributed by atoms with Gasteiger partial charge in [-0.15, -0.1) is 0 Å². The Labute approximate surface area is 329 Å². The summed E-state index contributed by atoms with van der Waals surface area (Å²) in [6.07, 6.45) is -10.2. The highest BCUT2D eigenvalue weighted by molar-refractivity contribution is 6.03. The van der Waals surface area contributed by atoms with Crippen LogP contribution in [-0.2, 0) is 38.1 Å². The summed E-state index contributed by atoms with van der Waals surface area (Å²) < 4.78 is 29.2. The van der Waals surface area contributed by atoms with Crippen molar-refractivity contribution in [2.24, 2.45) is 11.3 Å². The van der Waals surface area contributed by atoms with Gasteiger partial charge in [-0.25, -0.2) is 14.4 Å². The molecule has 2 bridgehead atoms. The number of amides is 1. The average Bonchev–Trinajstić information content (AvgIpc) is 3.13. The van der Waals surface area contributed by atoms with Gasteiger partial charge < -0.3 is 49.4 Å². The second-order valence-corrected chi connectivity index (χ2v) is 16.6. The number of carbonyl (C=O) groups is 5. The van der Waals surface area contributed by atoms with E-state index in [-0.39, 0.29) is 29.7 Å². The number of benzene rings is 2. The van der Waals surface area contributed by atoms with E-state index in [1.165, 1.54) is 32.9 Å². The fourth-order valence-corrected chi connectivity index (χ4v) is 8.74. The SMILES string of the molecule is CC(=O)O[C@@]12COC1CC(O)=C1C(=O)[C@H](O)C3=C(C)[C@@H](OC(=O)[C@H](O)C(NC(=O)OC(C)(C)C)c4ccccc4)C[C@@](O)([C@@H](OC(=O)c4ccccc4)C12)C3(C)C. The maximum absolute atomic E-state index is 14.6. The van der Waals surface area contributed by atoms with Gasteiger partial charge in [-0.3, -0.25) is 9.59 Å². The molecule has 0 aromatic heterocycles. The minimum Gasteiger partial charge on any atom is -0.512 e. The lowest BCUT2D eigenvalue weighted by Gasteiger charge is -2.62. The first-order chi connectivity index (χ1) is 26.6. The van der Waals surface area contributed by atoms with Crippen molar-refractivity contribution in [1.82, 2.24) is 5.32 Å². The van der Waals surface area contributed by atoms with Crippen molar-refractivity contribution >= 4 is 29.8 Å². The zero-order valence-corrected chi connectivity index (χ0v) is 32.8. The second kappa shape index (κ2) is 15.0. The van der Waals surface area contributed by atoms with Crippen LogP contribution in [0.4, 0.5) is 4.79 Å². The van der Waals surface area contributed by atoms with Crippen LogP contribution < -0.4 is 5.32 Å². The average molecular weight is 792 g/mol. The molecule has 4 aliphatic rings. The summed E-state index contributed by atoms with van der Waals surface area (Å²) in [7, 11) is 0. The summed E-state index contributed by atoms with van der Waals surface area (Å²) in [4.78, 5) is 68.2. The van der Waals surface area contributed by atoms with Crippen molar-refractivity contribution in [3.8, 4) is 0 Å². The third-order valence-corrected chi connectivity index (χ3v) is 11.5. The molecule has 1 saturated heterocycles. The van der Waals surface area contributed by atoms with Crippen molar-refractivity contribution in [3.63, 3.8) is 0 Å². The topological polar surface area (TPSA) is 224 Å². The molecule has 3 aliphatic carbocycles. The van der Waals surface area contributed by atoms with Crippen molar-refractivity contribution in [3.05, 3.63) is 94.3 Å². The van der Waals surface area contributed by atoms with Crippen LogP contribution in [0, 0.1) is 11.3 Å². The monoisotopic (exact) mass is 791 g/mol. The first-order valence-electron chi connectivity index (χ1n) is 18.7. The van der Waals surface area contributed by atoms with Gasteiger partial charge in [0.2, 0.25) is 0 Å². The highest BCUT2D eigenvalue weighted by Gasteiger charge is 2.72. The normalized spacial score (nSPS) is 30.2. The number of nitrogens with one attached hydrogen (secondary N) is 1. The Morgan fingerprint density at radius 2 is 1.60 bits per heavy atom. The minimum absolute atomic E-state index is 0.0686. The Morgan fingerprint density at radius 3 is 2.16 bits per heavy atom. The minimum atomic E-state index is -2.36. The third-order valence-electron chi connectivity index (χ3n) is 11.5. The molecule has 1 heterocycles. The van der Waals surface area contributed by atoms with Crippen LogP contribution in [0.2, 0.25) is 0 Å². The zero-order chi connectivity index (χ0) is 41.8. The number of Topliss-reactive ketones (excluding diaryl/α,β-unsaturated/α-hetero) is 1. The van der Waals surface area contributed by atoms with Crippen molar-refractivity contribution < 1.29 is 68.1 Å². The molecular weight excluding hydrogens is 742 g/mol. The lowest BCUT2D eigenvalue weighted by molar-refractivity contribution is -0.299. The van der Waals surface area contributed by atoms with Crippen LogP contribution in [0.5, 0.6) is 0 Å². The highest BCUT2D eigenvalue weighted by atomic mass is 16.6. The van der Waals surface area contributed by atoms with E-state index < -0.39 is 112 Å². The predicted octanol–water partition coefficient (Wildman–Crippen LogP) is 3.70. The number of esters is 3. The summed E-state index contributed by atoms with van der Waals surface area (Å²) in [6.45, 7) is 10.3. The molecule has 3 unspecified atom stereocenters. The van der Waals surface area contributed by atoms with Crippen molar-refractivity contribution in [1.29, 1.82) is 0 Å². The quantitative estimate of drug-likeness (QED) is 0.146. The molecule has 0 spiro atoms. The number of aliphatic hydroxyl groups excluding tert-OH is 3. The van der Waals surface area contributed by atoms with E-state index >= 15 is 0 Å². The molecule has 1 aliphatic heterocycles. The molecular formula is C42H49NO14. The Balaban J connectivity index is 1.47. The van der Waals surface area contributed by atoms with Gasteiger partial charge in [0.1, 0.15) is 41.4 Å². The van der Waals surface area contributed by atoms with Crippen molar-refractivity contribution in [2.75, 3.05) is 6.61 Å². The molecule has 1 amide bonds. The van der Waals surface area contributed by atoms with Crippen LogP contribution in [0.25, 0.3) is 0 Å². The molecule has 2 fully saturated rings. The smallest absolute Gasteiger partial charge is 0.408 e. The number of aliphatic hydroxyl groups is 4. The van der Waals surface area contributed by atoms with Crippen LogP contribution in [0.1, 0.15) is 83.3 Å². The second-order valence-electron chi connectivity index (χ2n) is 16.6. The van der Waals surface area contributed by atoms with E-state index in [4.69, 9.17) is 23.7 Å². The largest absolute Gasteiger partial charge is 0.512 e. The van der Waals surface area contributed by atoms with E-state index in [0.29, 0.717) is 5.56 Å².